The van der Waals surface area contributed by atoms with E-state index in [-0.39, 0.29) is 16.6 Å². The average molecular weight is 461 g/mol. The Morgan fingerprint density at radius 3 is 2.70 bits per heavy atom. The number of carbonyl (C=O) groups excluding carboxylic acids is 1. The molecule has 5 nitrogen and oxygen atoms in total. The molecule has 4 rings (SSSR count). The first-order valence-electron chi connectivity index (χ1n) is 9.49. The smallest absolute Gasteiger partial charge is 0.261 e. The van der Waals surface area contributed by atoms with Crippen molar-refractivity contribution >= 4 is 38.7 Å². The van der Waals surface area contributed by atoms with Crippen LogP contribution in [0.15, 0.2) is 59.5 Å². The first-order chi connectivity index (χ1) is 14.3. The number of likely N-dealkylation sites (N-methyl/N-ethyl adjacent to an activating group) is 1. The van der Waals surface area contributed by atoms with E-state index in [1.807, 2.05) is 25.2 Å². The number of thiophene rings is 1. The van der Waals surface area contributed by atoms with Crippen molar-refractivity contribution in [1.82, 2.24) is 10.2 Å². The van der Waals surface area contributed by atoms with Crippen LogP contribution in [-0.2, 0) is 22.1 Å². The molecule has 1 N–H and O–H groups in total. The number of amides is 1. The molecule has 2 aromatic carbocycles. The zero-order chi connectivity index (χ0) is 21.3. The van der Waals surface area contributed by atoms with Crippen molar-refractivity contribution in [2.75, 3.05) is 20.1 Å². The van der Waals surface area contributed by atoms with Gasteiger partial charge >= 0.3 is 0 Å². The average Bonchev–Trinajstić information content (AvgIpc) is 3.12. The van der Waals surface area contributed by atoms with E-state index in [4.69, 9.17) is 11.6 Å². The molecule has 0 unspecified atom stereocenters. The highest BCUT2D eigenvalue weighted by molar-refractivity contribution is 7.91. The van der Waals surface area contributed by atoms with Gasteiger partial charge in [-0.15, -0.1) is 11.3 Å². The molecule has 3 aromatic rings. The lowest BCUT2D eigenvalue weighted by Gasteiger charge is -2.16. The maximum atomic E-state index is 12.6. The van der Waals surface area contributed by atoms with Gasteiger partial charge in [0.15, 0.2) is 9.84 Å². The summed E-state index contributed by atoms with van der Waals surface area (Å²) in [6.45, 7) is 2.03. The Hall–Kier alpha value is -2.19. The fourth-order valence-electron chi connectivity index (χ4n) is 3.52. The summed E-state index contributed by atoms with van der Waals surface area (Å²) in [5.74, 6) is -0.297. The largest absolute Gasteiger partial charge is 0.350 e. The molecule has 0 atom stereocenters. The third-order valence-corrected chi connectivity index (χ3v) is 8.12. The highest BCUT2D eigenvalue weighted by atomic mass is 35.5. The van der Waals surface area contributed by atoms with Gasteiger partial charge in [0.1, 0.15) is 0 Å². The number of nitrogens with zero attached hydrogens (tertiary/aromatic N) is 1. The van der Waals surface area contributed by atoms with Crippen molar-refractivity contribution in [3.05, 3.63) is 75.6 Å². The van der Waals surface area contributed by atoms with E-state index in [1.165, 1.54) is 23.0 Å². The molecule has 8 heteroatoms. The summed E-state index contributed by atoms with van der Waals surface area (Å²) in [6.07, 6.45) is 0. The van der Waals surface area contributed by atoms with E-state index in [0.29, 0.717) is 34.1 Å². The van der Waals surface area contributed by atoms with Crippen molar-refractivity contribution in [2.24, 2.45) is 0 Å². The number of halogens is 1. The molecule has 156 valence electrons. The van der Waals surface area contributed by atoms with Gasteiger partial charge in [0.25, 0.3) is 5.91 Å². The van der Waals surface area contributed by atoms with Gasteiger partial charge in [-0.2, -0.15) is 0 Å². The normalized spacial score (nSPS) is 14.2. The molecular formula is C22H21ClN2O3S2. The minimum Gasteiger partial charge on any atom is -0.350 e. The fourth-order valence-corrected chi connectivity index (χ4v) is 6.65. The SMILES string of the molecule is CN(CCNC(=O)c1cc2c(s1)-c1ccc(Cl)cc1S(=O)(=O)C2)Cc1ccccc1. The number of rotatable bonds is 6. The summed E-state index contributed by atoms with van der Waals surface area (Å²) < 4.78 is 25.2. The Kier molecular flexibility index (Phi) is 5.97. The van der Waals surface area contributed by atoms with E-state index < -0.39 is 9.84 Å². The van der Waals surface area contributed by atoms with E-state index >= 15 is 0 Å². The van der Waals surface area contributed by atoms with Crippen molar-refractivity contribution in [3.63, 3.8) is 0 Å². The third kappa shape index (κ3) is 4.44. The van der Waals surface area contributed by atoms with Gasteiger partial charge < -0.3 is 10.2 Å². The Morgan fingerprint density at radius 1 is 1.17 bits per heavy atom. The molecule has 1 aliphatic rings. The van der Waals surface area contributed by atoms with Gasteiger partial charge in [-0.3, -0.25) is 4.79 Å². The molecule has 0 aliphatic carbocycles. The van der Waals surface area contributed by atoms with Crippen LogP contribution in [-0.4, -0.2) is 39.4 Å². The molecule has 1 amide bonds. The Labute approximate surface area is 185 Å². The maximum absolute atomic E-state index is 12.6. The van der Waals surface area contributed by atoms with Crippen LogP contribution in [0.1, 0.15) is 20.8 Å². The van der Waals surface area contributed by atoms with Crippen LogP contribution >= 0.6 is 22.9 Å². The monoisotopic (exact) mass is 460 g/mol. The number of benzene rings is 2. The van der Waals surface area contributed by atoms with Crippen LogP contribution in [0.2, 0.25) is 5.02 Å². The van der Waals surface area contributed by atoms with E-state index in [9.17, 15) is 13.2 Å². The van der Waals surface area contributed by atoms with Crippen molar-refractivity contribution in [2.45, 2.75) is 17.2 Å². The second-order valence-corrected chi connectivity index (χ2v) is 10.8. The zero-order valence-electron chi connectivity index (χ0n) is 16.4. The Morgan fingerprint density at radius 2 is 1.93 bits per heavy atom. The quantitative estimate of drug-likeness (QED) is 0.598. The highest BCUT2D eigenvalue weighted by Crippen LogP contribution is 2.43. The van der Waals surface area contributed by atoms with E-state index in [1.54, 1.807) is 18.2 Å². The van der Waals surface area contributed by atoms with Crippen LogP contribution in [0.3, 0.4) is 0 Å². The van der Waals surface area contributed by atoms with Crippen LogP contribution < -0.4 is 5.32 Å². The number of hydrogen-bond acceptors (Lipinski definition) is 5. The van der Waals surface area contributed by atoms with Crippen LogP contribution in [0.25, 0.3) is 10.4 Å². The minimum atomic E-state index is -3.46. The fraction of sp³-hybridized carbons (Fsp3) is 0.227. The molecule has 30 heavy (non-hydrogen) atoms. The summed E-state index contributed by atoms with van der Waals surface area (Å²) in [7, 11) is -1.45. The first-order valence-corrected chi connectivity index (χ1v) is 12.3. The maximum Gasteiger partial charge on any atom is 0.261 e. The van der Waals surface area contributed by atoms with Gasteiger partial charge in [0.2, 0.25) is 0 Å². The Bertz CT molecular complexity index is 1190. The minimum absolute atomic E-state index is 0.112. The van der Waals surface area contributed by atoms with Crippen molar-refractivity contribution in [1.29, 1.82) is 0 Å². The predicted molar refractivity (Wildman–Crippen MR) is 121 cm³/mol. The van der Waals surface area contributed by atoms with Crippen molar-refractivity contribution < 1.29 is 13.2 Å². The molecule has 0 bridgehead atoms. The lowest BCUT2D eigenvalue weighted by atomic mass is 10.1. The number of nitrogens with one attached hydrogen (secondary N) is 1. The van der Waals surface area contributed by atoms with Gasteiger partial charge in [-0.1, -0.05) is 48.0 Å². The molecule has 1 aromatic heterocycles. The van der Waals surface area contributed by atoms with E-state index in [0.717, 1.165) is 11.4 Å². The van der Waals surface area contributed by atoms with Gasteiger partial charge in [-0.25, -0.2) is 8.42 Å². The van der Waals surface area contributed by atoms with E-state index in [2.05, 4.69) is 22.3 Å². The lowest BCUT2D eigenvalue weighted by Crippen LogP contribution is -2.32. The van der Waals surface area contributed by atoms with Crippen LogP contribution in [0, 0.1) is 0 Å². The molecule has 0 radical (unpaired) electrons. The predicted octanol–water partition coefficient (Wildman–Crippen LogP) is 4.22. The molecule has 0 fully saturated rings. The molecular weight excluding hydrogens is 440 g/mol. The Balaban J connectivity index is 1.43. The second-order valence-electron chi connectivity index (χ2n) is 7.34. The highest BCUT2D eigenvalue weighted by Gasteiger charge is 2.31. The van der Waals surface area contributed by atoms with Crippen LogP contribution in [0.4, 0.5) is 0 Å². The number of sulfone groups is 1. The van der Waals surface area contributed by atoms with Gasteiger partial charge in [0.05, 0.1) is 15.5 Å². The first kappa shape index (κ1) is 21.1. The van der Waals surface area contributed by atoms with Crippen LogP contribution in [0.5, 0.6) is 0 Å². The standard InChI is InChI=1S/C22H21ClN2O3S2/c1-25(13-15-5-3-2-4-6-15)10-9-24-22(26)19-11-16-14-30(27,28)20-12-17(23)7-8-18(20)21(16)29-19/h2-8,11-12H,9-10,13-14H2,1H3,(H,24,26). The second kappa shape index (κ2) is 8.51. The number of fused-ring (bicyclic) bond motifs is 3. The van der Waals surface area contributed by atoms with Crippen molar-refractivity contribution in [3.8, 4) is 10.4 Å². The van der Waals surface area contributed by atoms with Gasteiger partial charge in [0, 0.05) is 35.1 Å². The zero-order valence-corrected chi connectivity index (χ0v) is 18.8. The lowest BCUT2D eigenvalue weighted by molar-refractivity contribution is 0.0953. The third-order valence-electron chi connectivity index (χ3n) is 4.98. The topological polar surface area (TPSA) is 66.5 Å². The molecule has 0 saturated carbocycles. The summed E-state index contributed by atoms with van der Waals surface area (Å²) in [5.41, 5.74) is 2.51. The number of carbonyl (C=O) groups is 1. The summed E-state index contributed by atoms with van der Waals surface area (Å²) in [5, 5.41) is 3.32. The molecule has 0 saturated heterocycles. The van der Waals surface area contributed by atoms with Gasteiger partial charge in [-0.05, 0) is 36.4 Å². The summed E-state index contributed by atoms with van der Waals surface area (Å²) >= 11 is 7.31. The molecule has 1 aliphatic heterocycles. The summed E-state index contributed by atoms with van der Waals surface area (Å²) in [6, 6.07) is 16.7. The number of hydrogen-bond donors (Lipinski definition) is 1. The molecule has 2 heterocycles. The summed E-state index contributed by atoms with van der Waals surface area (Å²) in [4.78, 5) is 16.4. The molecule has 0 spiro atoms.